The van der Waals surface area contributed by atoms with Gasteiger partial charge in [0.2, 0.25) is 0 Å². The molecule has 1 rings (SSSR count). The minimum absolute atomic E-state index is 0. The van der Waals surface area contributed by atoms with Crippen LogP contribution in [0.4, 0.5) is 0 Å². The minimum Gasteiger partial charge on any atom is -0.493 e. The molecule has 1 aromatic rings. The zero-order valence-electron chi connectivity index (χ0n) is 16.4. The molecule has 0 aliphatic rings. The van der Waals surface area contributed by atoms with Gasteiger partial charge in [-0.3, -0.25) is 0 Å². The van der Waals surface area contributed by atoms with Crippen molar-refractivity contribution in [3.05, 3.63) is 24.3 Å². The predicted molar refractivity (Wildman–Crippen MR) is 118 cm³/mol. The first-order valence-electron chi connectivity index (χ1n) is 9.10. The monoisotopic (exact) mass is 479 g/mol. The van der Waals surface area contributed by atoms with E-state index in [0.29, 0.717) is 13.2 Å². The van der Waals surface area contributed by atoms with E-state index in [1.54, 1.807) is 7.11 Å². The van der Waals surface area contributed by atoms with Crippen LogP contribution >= 0.6 is 24.0 Å². The molecule has 7 heteroatoms. The summed E-state index contributed by atoms with van der Waals surface area (Å²) in [6, 6.07) is 7.63. The van der Waals surface area contributed by atoms with Crippen LogP contribution in [-0.2, 0) is 4.74 Å². The number of guanidine groups is 1. The van der Waals surface area contributed by atoms with Crippen LogP contribution in [0.2, 0.25) is 0 Å². The third-order valence-electron chi connectivity index (χ3n) is 3.43. The number of nitrogens with one attached hydrogen (secondary N) is 2. The number of methoxy groups -OCH3 is 1. The molecule has 0 amide bonds. The van der Waals surface area contributed by atoms with E-state index in [1.807, 2.05) is 38.1 Å². The number of rotatable bonds is 12. The summed E-state index contributed by atoms with van der Waals surface area (Å²) in [5.74, 6) is 2.24. The SMILES string of the molecule is CCCCOCCNC(=NCC(C)Oc1ccccc1OC)NCC.I. The molecular formula is C19H34IN3O3. The fourth-order valence-electron chi connectivity index (χ4n) is 2.12. The Balaban J connectivity index is 0.00000625. The molecule has 150 valence electrons. The van der Waals surface area contributed by atoms with Gasteiger partial charge in [-0.05, 0) is 32.4 Å². The highest BCUT2D eigenvalue weighted by Gasteiger charge is 2.08. The van der Waals surface area contributed by atoms with Crippen molar-refractivity contribution in [2.24, 2.45) is 4.99 Å². The number of para-hydroxylation sites is 2. The molecule has 6 nitrogen and oxygen atoms in total. The summed E-state index contributed by atoms with van der Waals surface area (Å²) in [7, 11) is 1.64. The summed E-state index contributed by atoms with van der Waals surface area (Å²) in [5.41, 5.74) is 0. The minimum atomic E-state index is -0.0624. The van der Waals surface area contributed by atoms with Gasteiger partial charge in [-0.15, -0.1) is 24.0 Å². The molecule has 1 aromatic carbocycles. The molecule has 0 aliphatic heterocycles. The molecule has 0 aromatic heterocycles. The van der Waals surface area contributed by atoms with Gasteiger partial charge in [0, 0.05) is 19.7 Å². The van der Waals surface area contributed by atoms with Gasteiger partial charge in [-0.2, -0.15) is 0 Å². The van der Waals surface area contributed by atoms with E-state index in [0.717, 1.165) is 50.0 Å². The number of hydrogen-bond acceptors (Lipinski definition) is 4. The molecule has 0 radical (unpaired) electrons. The van der Waals surface area contributed by atoms with E-state index >= 15 is 0 Å². The van der Waals surface area contributed by atoms with Gasteiger partial charge in [0.15, 0.2) is 17.5 Å². The summed E-state index contributed by atoms with van der Waals surface area (Å²) >= 11 is 0. The van der Waals surface area contributed by atoms with Crippen LogP contribution in [0, 0.1) is 0 Å². The van der Waals surface area contributed by atoms with Crippen molar-refractivity contribution in [2.45, 2.75) is 39.7 Å². The predicted octanol–water partition coefficient (Wildman–Crippen LogP) is 3.45. The maximum atomic E-state index is 5.92. The van der Waals surface area contributed by atoms with Crippen molar-refractivity contribution in [2.75, 3.05) is 40.0 Å². The second-order valence-corrected chi connectivity index (χ2v) is 5.69. The summed E-state index contributed by atoms with van der Waals surface area (Å²) in [6.45, 7) is 9.78. The Morgan fingerprint density at radius 1 is 1.12 bits per heavy atom. The topological polar surface area (TPSA) is 64.1 Å². The van der Waals surface area contributed by atoms with E-state index < -0.39 is 0 Å². The number of nitrogens with zero attached hydrogens (tertiary/aromatic N) is 1. The lowest BCUT2D eigenvalue weighted by Gasteiger charge is -2.16. The first-order chi connectivity index (χ1) is 12.2. The van der Waals surface area contributed by atoms with E-state index in [2.05, 4.69) is 22.5 Å². The molecule has 0 saturated heterocycles. The molecule has 1 atom stereocenters. The van der Waals surface area contributed by atoms with E-state index in [-0.39, 0.29) is 30.1 Å². The molecule has 2 N–H and O–H groups in total. The van der Waals surface area contributed by atoms with Crippen LogP contribution in [-0.4, -0.2) is 52.0 Å². The third kappa shape index (κ3) is 10.7. The maximum absolute atomic E-state index is 5.92. The van der Waals surface area contributed by atoms with Crippen molar-refractivity contribution in [3.63, 3.8) is 0 Å². The normalized spacial score (nSPS) is 12.1. The van der Waals surface area contributed by atoms with Gasteiger partial charge >= 0.3 is 0 Å². The van der Waals surface area contributed by atoms with Crippen LogP contribution < -0.4 is 20.1 Å². The average Bonchev–Trinajstić information content (AvgIpc) is 2.63. The molecule has 0 heterocycles. The molecule has 0 spiro atoms. The summed E-state index contributed by atoms with van der Waals surface area (Å²) in [5, 5.41) is 6.50. The van der Waals surface area contributed by atoms with Crippen LogP contribution in [0.1, 0.15) is 33.6 Å². The fraction of sp³-hybridized carbons (Fsp3) is 0.632. The van der Waals surface area contributed by atoms with E-state index in [1.165, 1.54) is 0 Å². The van der Waals surface area contributed by atoms with Crippen molar-refractivity contribution in [1.29, 1.82) is 0 Å². The second kappa shape index (κ2) is 16.0. The first-order valence-corrected chi connectivity index (χ1v) is 9.10. The molecule has 0 fully saturated rings. The zero-order valence-corrected chi connectivity index (χ0v) is 18.7. The van der Waals surface area contributed by atoms with Crippen molar-refractivity contribution in [3.8, 4) is 11.5 Å². The highest BCUT2D eigenvalue weighted by Crippen LogP contribution is 2.26. The smallest absolute Gasteiger partial charge is 0.191 e. The molecule has 0 aliphatic carbocycles. The van der Waals surface area contributed by atoms with Crippen LogP contribution in [0.5, 0.6) is 11.5 Å². The van der Waals surface area contributed by atoms with Crippen LogP contribution in [0.3, 0.4) is 0 Å². The Labute approximate surface area is 175 Å². The number of unbranched alkanes of at least 4 members (excludes halogenated alkanes) is 1. The highest BCUT2D eigenvalue weighted by molar-refractivity contribution is 14.0. The van der Waals surface area contributed by atoms with Gasteiger partial charge in [0.05, 0.1) is 20.3 Å². The fourth-order valence-corrected chi connectivity index (χ4v) is 2.12. The Morgan fingerprint density at radius 2 is 1.85 bits per heavy atom. The van der Waals surface area contributed by atoms with Crippen LogP contribution in [0.25, 0.3) is 0 Å². The number of ether oxygens (including phenoxy) is 3. The zero-order chi connectivity index (χ0) is 18.3. The summed E-state index contributed by atoms with van der Waals surface area (Å²) < 4.78 is 16.8. The lowest BCUT2D eigenvalue weighted by molar-refractivity contribution is 0.136. The average molecular weight is 479 g/mol. The molecule has 1 unspecified atom stereocenters. The highest BCUT2D eigenvalue weighted by atomic mass is 127. The quantitative estimate of drug-likeness (QED) is 0.208. The van der Waals surface area contributed by atoms with Gasteiger partial charge in [0.1, 0.15) is 6.10 Å². The molecule has 0 bridgehead atoms. The summed E-state index contributed by atoms with van der Waals surface area (Å²) in [6.07, 6.45) is 2.20. The molecular weight excluding hydrogens is 445 g/mol. The Morgan fingerprint density at radius 3 is 2.50 bits per heavy atom. The summed E-state index contributed by atoms with van der Waals surface area (Å²) in [4.78, 5) is 4.57. The Hall–Kier alpha value is -1.22. The van der Waals surface area contributed by atoms with E-state index in [9.17, 15) is 0 Å². The third-order valence-corrected chi connectivity index (χ3v) is 3.43. The Bertz CT molecular complexity index is 501. The first kappa shape index (κ1) is 24.8. The second-order valence-electron chi connectivity index (χ2n) is 5.69. The van der Waals surface area contributed by atoms with Crippen LogP contribution in [0.15, 0.2) is 29.3 Å². The lowest BCUT2D eigenvalue weighted by atomic mass is 10.3. The van der Waals surface area contributed by atoms with Gasteiger partial charge in [-0.25, -0.2) is 4.99 Å². The standard InChI is InChI=1S/C19H33N3O3.HI/c1-5-7-13-24-14-12-21-19(20-6-2)22-15-16(3)25-18-11-9-8-10-17(18)23-4;/h8-11,16H,5-7,12-15H2,1-4H3,(H2,20,21,22);1H. The van der Waals surface area contributed by atoms with Crippen molar-refractivity contribution >= 4 is 29.9 Å². The van der Waals surface area contributed by atoms with Gasteiger partial charge in [-0.1, -0.05) is 25.5 Å². The molecule has 26 heavy (non-hydrogen) atoms. The maximum Gasteiger partial charge on any atom is 0.191 e. The molecule has 0 saturated carbocycles. The van der Waals surface area contributed by atoms with Gasteiger partial charge in [0.25, 0.3) is 0 Å². The number of aliphatic imine (C=N–C) groups is 1. The van der Waals surface area contributed by atoms with E-state index in [4.69, 9.17) is 14.2 Å². The largest absolute Gasteiger partial charge is 0.493 e. The van der Waals surface area contributed by atoms with Crippen molar-refractivity contribution < 1.29 is 14.2 Å². The number of hydrogen-bond donors (Lipinski definition) is 2. The lowest BCUT2D eigenvalue weighted by Crippen LogP contribution is -2.39. The Kier molecular flexibility index (Phi) is 15.2. The van der Waals surface area contributed by atoms with Crippen molar-refractivity contribution in [1.82, 2.24) is 10.6 Å². The number of benzene rings is 1. The van der Waals surface area contributed by atoms with Gasteiger partial charge < -0.3 is 24.8 Å². The number of halogens is 1.